The van der Waals surface area contributed by atoms with Gasteiger partial charge in [0, 0.05) is 12.5 Å². The zero-order valence-electron chi connectivity index (χ0n) is 11.8. The van der Waals surface area contributed by atoms with Crippen molar-refractivity contribution in [3.63, 3.8) is 0 Å². The zero-order chi connectivity index (χ0) is 12.9. The van der Waals surface area contributed by atoms with Gasteiger partial charge in [-0.2, -0.15) is 0 Å². The minimum atomic E-state index is 0.684. The first-order chi connectivity index (χ1) is 9.45. The predicted molar refractivity (Wildman–Crippen MR) is 81.3 cm³/mol. The van der Waals surface area contributed by atoms with Gasteiger partial charge in [0.2, 0.25) is 0 Å². The Labute approximate surface area is 117 Å². The molecule has 1 atom stereocenters. The van der Waals surface area contributed by atoms with Crippen LogP contribution in [0.4, 0.5) is 0 Å². The fourth-order valence-electron chi connectivity index (χ4n) is 3.84. The van der Waals surface area contributed by atoms with Crippen LogP contribution in [0.3, 0.4) is 0 Å². The Bertz CT molecular complexity index is 415. The van der Waals surface area contributed by atoms with Crippen molar-refractivity contribution in [2.24, 2.45) is 5.92 Å². The van der Waals surface area contributed by atoms with Crippen LogP contribution in [0.5, 0.6) is 0 Å². The summed E-state index contributed by atoms with van der Waals surface area (Å²) in [6, 6.07) is 11.2. The van der Waals surface area contributed by atoms with Gasteiger partial charge in [0.25, 0.3) is 0 Å². The quantitative estimate of drug-likeness (QED) is 0.795. The van der Waals surface area contributed by atoms with Crippen molar-refractivity contribution >= 4 is 0 Å². The maximum absolute atomic E-state index is 3.45. The van der Waals surface area contributed by atoms with E-state index in [0.717, 1.165) is 19.0 Å². The third-order valence-corrected chi connectivity index (χ3v) is 4.78. The van der Waals surface area contributed by atoms with Gasteiger partial charge in [-0.3, -0.25) is 0 Å². The Balaban J connectivity index is 1.88. The van der Waals surface area contributed by atoms with E-state index >= 15 is 0 Å². The highest BCUT2D eigenvalue weighted by atomic mass is 14.8. The number of rotatable bonds is 3. The molecule has 2 aliphatic rings. The summed E-state index contributed by atoms with van der Waals surface area (Å²) in [6.45, 7) is 2.22. The van der Waals surface area contributed by atoms with Gasteiger partial charge >= 0.3 is 0 Å². The topological polar surface area (TPSA) is 12.0 Å². The molecule has 1 aliphatic heterocycles. The van der Waals surface area contributed by atoms with Crippen molar-refractivity contribution in [3.05, 3.63) is 47.5 Å². The Kier molecular flexibility index (Phi) is 4.34. The van der Waals surface area contributed by atoms with Crippen LogP contribution in [0, 0.1) is 5.92 Å². The zero-order valence-corrected chi connectivity index (χ0v) is 11.8. The van der Waals surface area contributed by atoms with Gasteiger partial charge in [-0.1, -0.05) is 61.2 Å². The fourth-order valence-corrected chi connectivity index (χ4v) is 3.84. The molecule has 1 N–H and O–H groups in total. The number of hydrogen-bond acceptors (Lipinski definition) is 1. The summed E-state index contributed by atoms with van der Waals surface area (Å²) in [5.41, 5.74) is 3.24. The van der Waals surface area contributed by atoms with E-state index in [2.05, 4.69) is 41.7 Å². The third kappa shape index (κ3) is 3.09. The highest BCUT2D eigenvalue weighted by Crippen LogP contribution is 2.41. The molecule has 0 bridgehead atoms. The Morgan fingerprint density at radius 2 is 1.79 bits per heavy atom. The summed E-state index contributed by atoms with van der Waals surface area (Å²) in [5, 5.41) is 3.45. The summed E-state index contributed by atoms with van der Waals surface area (Å²) in [6.07, 6.45) is 10.8. The van der Waals surface area contributed by atoms with Crippen molar-refractivity contribution in [2.75, 3.05) is 13.1 Å². The highest BCUT2D eigenvalue weighted by Gasteiger charge is 2.28. The first kappa shape index (κ1) is 12.9. The molecule has 1 heteroatoms. The van der Waals surface area contributed by atoms with E-state index in [9.17, 15) is 0 Å². The first-order valence-corrected chi connectivity index (χ1v) is 7.90. The number of hydrogen-bond donors (Lipinski definition) is 1. The minimum Gasteiger partial charge on any atom is -0.313 e. The van der Waals surface area contributed by atoms with E-state index in [0.29, 0.717) is 5.92 Å². The van der Waals surface area contributed by atoms with Crippen molar-refractivity contribution in [3.8, 4) is 0 Å². The molecule has 1 fully saturated rings. The van der Waals surface area contributed by atoms with Crippen LogP contribution in [0.15, 0.2) is 42.0 Å². The van der Waals surface area contributed by atoms with E-state index in [-0.39, 0.29) is 0 Å². The second kappa shape index (κ2) is 6.38. The summed E-state index contributed by atoms with van der Waals surface area (Å²) in [7, 11) is 0. The lowest BCUT2D eigenvalue weighted by Crippen LogP contribution is -2.26. The summed E-state index contributed by atoms with van der Waals surface area (Å²) in [5.74, 6) is 1.56. The monoisotopic (exact) mass is 255 g/mol. The number of benzene rings is 1. The third-order valence-electron chi connectivity index (χ3n) is 4.78. The van der Waals surface area contributed by atoms with Gasteiger partial charge in [-0.05, 0) is 37.3 Å². The number of nitrogens with one attached hydrogen (secondary N) is 1. The van der Waals surface area contributed by atoms with Crippen LogP contribution < -0.4 is 5.32 Å². The van der Waals surface area contributed by atoms with Crippen molar-refractivity contribution in [1.29, 1.82) is 0 Å². The molecule has 0 radical (unpaired) electrons. The van der Waals surface area contributed by atoms with Crippen LogP contribution in [-0.2, 0) is 0 Å². The fraction of sp³-hybridized carbons (Fsp3) is 0.556. The van der Waals surface area contributed by atoms with Crippen LogP contribution in [0.25, 0.3) is 0 Å². The molecule has 1 unspecified atom stereocenters. The maximum atomic E-state index is 3.45. The predicted octanol–water partition coefficient (Wildman–Crippen LogP) is 4.27. The van der Waals surface area contributed by atoms with E-state index in [4.69, 9.17) is 0 Å². The molecule has 3 rings (SSSR count). The molecular weight excluding hydrogens is 230 g/mol. The Morgan fingerprint density at radius 1 is 1.00 bits per heavy atom. The van der Waals surface area contributed by atoms with Gasteiger partial charge < -0.3 is 5.32 Å². The Hall–Kier alpha value is -1.08. The van der Waals surface area contributed by atoms with E-state index < -0.39 is 0 Å². The molecule has 0 aromatic heterocycles. The molecule has 19 heavy (non-hydrogen) atoms. The van der Waals surface area contributed by atoms with Crippen LogP contribution in [0.1, 0.15) is 50.0 Å². The summed E-state index contributed by atoms with van der Waals surface area (Å²) >= 11 is 0. The van der Waals surface area contributed by atoms with Gasteiger partial charge in [0.05, 0.1) is 0 Å². The van der Waals surface area contributed by atoms with Crippen LogP contribution in [-0.4, -0.2) is 13.1 Å². The summed E-state index contributed by atoms with van der Waals surface area (Å²) < 4.78 is 0. The molecule has 0 saturated heterocycles. The largest absolute Gasteiger partial charge is 0.313 e. The van der Waals surface area contributed by atoms with Crippen LogP contribution >= 0.6 is 0 Å². The average Bonchev–Trinajstić information content (AvgIpc) is 2.51. The molecule has 102 valence electrons. The lowest BCUT2D eigenvalue weighted by atomic mass is 9.72. The van der Waals surface area contributed by atoms with E-state index in [1.807, 2.05) is 0 Å². The normalized spacial score (nSPS) is 22.8. The standard InChI is InChI=1S/C18H25N/c1-3-7-15(8-4-1)18(16-9-5-2-6-10-16)17-11-13-19-14-12-17/h1,3-4,7-8,11,16,18-19H,2,5-6,9-10,12-14H2. The molecular formula is C18H25N. The molecule has 0 amide bonds. The highest BCUT2D eigenvalue weighted by molar-refractivity contribution is 5.31. The smallest absolute Gasteiger partial charge is 0.0137 e. The molecule has 1 aromatic rings. The second-order valence-corrected chi connectivity index (χ2v) is 6.02. The van der Waals surface area contributed by atoms with Crippen molar-refractivity contribution < 1.29 is 0 Å². The second-order valence-electron chi connectivity index (χ2n) is 6.02. The molecule has 1 saturated carbocycles. The summed E-state index contributed by atoms with van der Waals surface area (Å²) in [4.78, 5) is 0. The minimum absolute atomic E-state index is 0.684. The molecule has 1 nitrogen and oxygen atoms in total. The maximum Gasteiger partial charge on any atom is 0.0137 e. The molecule has 1 heterocycles. The van der Waals surface area contributed by atoms with Gasteiger partial charge in [-0.15, -0.1) is 0 Å². The van der Waals surface area contributed by atoms with Crippen LogP contribution in [0.2, 0.25) is 0 Å². The lowest BCUT2D eigenvalue weighted by Gasteiger charge is -2.34. The average molecular weight is 255 g/mol. The first-order valence-electron chi connectivity index (χ1n) is 7.90. The van der Waals surface area contributed by atoms with Gasteiger partial charge in [0.15, 0.2) is 0 Å². The Morgan fingerprint density at radius 3 is 2.47 bits per heavy atom. The molecule has 0 spiro atoms. The van der Waals surface area contributed by atoms with Gasteiger partial charge in [-0.25, -0.2) is 0 Å². The lowest BCUT2D eigenvalue weighted by molar-refractivity contribution is 0.320. The van der Waals surface area contributed by atoms with E-state index in [1.165, 1.54) is 38.5 Å². The van der Waals surface area contributed by atoms with E-state index in [1.54, 1.807) is 11.1 Å². The SMILES string of the molecule is C1=C(C(c2ccccc2)C2CCCCC2)CCNC1. The molecule has 1 aromatic carbocycles. The van der Waals surface area contributed by atoms with Crippen molar-refractivity contribution in [1.82, 2.24) is 5.32 Å². The van der Waals surface area contributed by atoms with Crippen molar-refractivity contribution in [2.45, 2.75) is 44.4 Å². The molecule has 1 aliphatic carbocycles. The van der Waals surface area contributed by atoms with Gasteiger partial charge in [0.1, 0.15) is 0 Å².